The number of aryl methyl sites for hydroxylation is 2. The van der Waals surface area contributed by atoms with Crippen LogP contribution in [0.5, 0.6) is 0 Å². The van der Waals surface area contributed by atoms with Crippen LogP contribution in [0.25, 0.3) is 0 Å². The van der Waals surface area contributed by atoms with E-state index in [4.69, 9.17) is 14.4 Å². The summed E-state index contributed by atoms with van der Waals surface area (Å²) in [4.78, 5) is 9.72. The molecule has 0 atom stereocenters. The Morgan fingerprint density at radius 2 is 1.47 bits per heavy atom. The molecule has 0 amide bonds. The van der Waals surface area contributed by atoms with Crippen molar-refractivity contribution in [3.8, 4) is 0 Å². The van der Waals surface area contributed by atoms with Crippen molar-refractivity contribution in [3.05, 3.63) is 35.6 Å². The van der Waals surface area contributed by atoms with Crippen molar-refractivity contribution in [3.63, 3.8) is 0 Å². The van der Waals surface area contributed by atoms with Crippen LogP contribution in [0.1, 0.15) is 112 Å². The van der Waals surface area contributed by atoms with Gasteiger partial charge in [-0.3, -0.25) is 0 Å². The van der Waals surface area contributed by atoms with Crippen molar-refractivity contribution in [1.82, 2.24) is 14.5 Å². The van der Waals surface area contributed by atoms with Crippen LogP contribution in [0.4, 0.5) is 0 Å². The Morgan fingerprint density at radius 1 is 0.867 bits per heavy atom. The smallest absolute Gasteiger partial charge is 0.194 e. The van der Waals surface area contributed by atoms with Gasteiger partial charge in [-0.1, -0.05) is 76.2 Å². The molecule has 0 aliphatic rings. The summed E-state index contributed by atoms with van der Waals surface area (Å²) < 4.78 is 8.53. The van der Waals surface area contributed by atoms with E-state index in [9.17, 15) is 0 Å². The summed E-state index contributed by atoms with van der Waals surface area (Å²) in [6, 6.07) is 0. The molecular weight excluding hydrogens is 370 g/mol. The number of aromatic nitrogens is 3. The average Bonchev–Trinajstić information content (AvgIpc) is 3.16. The molecule has 2 heterocycles. The topological polar surface area (TPSA) is 43.9 Å². The van der Waals surface area contributed by atoms with E-state index in [0.717, 1.165) is 55.3 Å². The van der Waals surface area contributed by atoms with E-state index < -0.39 is 0 Å². The highest BCUT2D eigenvalue weighted by atomic mass is 16.4. The molecule has 0 N–H and O–H groups in total. The van der Waals surface area contributed by atoms with Crippen LogP contribution in [0.15, 0.2) is 16.9 Å². The summed E-state index contributed by atoms with van der Waals surface area (Å²) in [6.07, 6.45) is 8.10. The van der Waals surface area contributed by atoms with Crippen LogP contribution in [0.3, 0.4) is 0 Å². The van der Waals surface area contributed by atoms with Gasteiger partial charge in [0.1, 0.15) is 5.76 Å². The molecule has 0 aliphatic carbocycles. The lowest BCUT2D eigenvalue weighted by atomic mass is 9.81. The molecular formula is C26H45N3O. The van der Waals surface area contributed by atoms with E-state index >= 15 is 0 Å². The van der Waals surface area contributed by atoms with Crippen LogP contribution < -0.4 is 0 Å². The molecule has 0 bridgehead atoms. The summed E-state index contributed by atoms with van der Waals surface area (Å²) in [5, 5.41) is 0. The van der Waals surface area contributed by atoms with Gasteiger partial charge in [0.2, 0.25) is 0 Å². The summed E-state index contributed by atoms with van der Waals surface area (Å²) in [5.41, 5.74) is 2.63. The van der Waals surface area contributed by atoms with Crippen LogP contribution in [0, 0.1) is 10.8 Å². The molecule has 0 radical (unpaired) electrons. The van der Waals surface area contributed by atoms with Crippen LogP contribution in [-0.2, 0) is 30.2 Å². The second kappa shape index (κ2) is 8.51. The number of nitrogens with zero attached hydrogens (tertiary/aromatic N) is 3. The van der Waals surface area contributed by atoms with Crippen molar-refractivity contribution in [2.75, 3.05) is 0 Å². The van der Waals surface area contributed by atoms with Gasteiger partial charge in [0.15, 0.2) is 5.89 Å². The van der Waals surface area contributed by atoms with E-state index in [1.165, 1.54) is 0 Å². The highest BCUT2D eigenvalue weighted by Crippen LogP contribution is 2.34. The summed E-state index contributed by atoms with van der Waals surface area (Å²) in [7, 11) is 0. The first-order chi connectivity index (χ1) is 13.5. The van der Waals surface area contributed by atoms with Crippen molar-refractivity contribution in [1.29, 1.82) is 0 Å². The second-order valence-corrected chi connectivity index (χ2v) is 13.1. The normalized spacial score (nSPS) is 13.8. The Hall–Kier alpha value is -1.58. The van der Waals surface area contributed by atoms with Gasteiger partial charge < -0.3 is 8.98 Å². The molecule has 4 heteroatoms. The van der Waals surface area contributed by atoms with E-state index in [0.29, 0.717) is 5.41 Å². The van der Waals surface area contributed by atoms with E-state index in [1.807, 2.05) is 6.33 Å². The number of rotatable bonds is 7. The third-order valence-corrected chi connectivity index (χ3v) is 5.57. The van der Waals surface area contributed by atoms with Gasteiger partial charge in [-0.05, 0) is 23.7 Å². The van der Waals surface area contributed by atoms with E-state index in [2.05, 4.69) is 86.9 Å². The lowest BCUT2D eigenvalue weighted by Crippen LogP contribution is -2.24. The fourth-order valence-corrected chi connectivity index (χ4v) is 3.50. The summed E-state index contributed by atoms with van der Waals surface area (Å²) in [5.74, 6) is 1.89. The average molecular weight is 416 g/mol. The van der Waals surface area contributed by atoms with Gasteiger partial charge in [0, 0.05) is 36.4 Å². The van der Waals surface area contributed by atoms with Gasteiger partial charge in [-0.15, -0.1) is 0 Å². The lowest BCUT2D eigenvalue weighted by Gasteiger charge is -2.24. The Bertz CT molecular complexity index is 820. The van der Waals surface area contributed by atoms with Crippen molar-refractivity contribution < 1.29 is 4.42 Å². The SMILES string of the molecule is CC(C)(C)CCc1nc(CC(C)(C)c2cn(CCC(C)(C)C)cn2)c(C(C)(C)C)o1. The second-order valence-electron chi connectivity index (χ2n) is 13.1. The van der Waals surface area contributed by atoms with Crippen molar-refractivity contribution in [2.24, 2.45) is 10.8 Å². The third-order valence-electron chi connectivity index (χ3n) is 5.57. The molecule has 0 saturated heterocycles. The van der Waals surface area contributed by atoms with Crippen molar-refractivity contribution >= 4 is 0 Å². The minimum atomic E-state index is -0.106. The Kier molecular flexibility index (Phi) is 7.00. The van der Waals surface area contributed by atoms with E-state index in [1.54, 1.807) is 0 Å². The molecule has 2 aromatic heterocycles. The van der Waals surface area contributed by atoms with Crippen molar-refractivity contribution in [2.45, 2.75) is 119 Å². The molecule has 0 aliphatic heterocycles. The summed E-state index contributed by atoms with van der Waals surface area (Å²) in [6.45, 7) is 25.8. The van der Waals surface area contributed by atoms with E-state index in [-0.39, 0.29) is 16.2 Å². The first kappa shape index (κ1) is 24.7. The lowest BCUT2D eigenvalue weighted by molar-refractivity contribution is 0.334. The number of hydrogen-bond acceptors (Lipinski definition) is 3. The molecule has 0 saturated carbocycles. The predicted octanol–water partition coefficient (Wildman–Crippen LogP) is 7.10. The fraction of sp³-hybridized carbons (Fsp3) is 0.769. The fourth-order valence-electron chi connectivity index (χ4n) is 3.50. The third kappa shape index (κ3) is 7.28. The minimum Gasteiger partial charge on any atom is -0.445 e. The number of oxazole rings is 1. The maximum absolute atomic E-state index is 6.30. The largest absolute Gasteiger partial charge is 0.445 e. The molecule has 0 spiro atoms. The highest BCUT2D eigenvalue weighted by Gasteiger charge is 2.32. The Balaban J connectivity index is 2.22. The first-order valence-corrected chi connectivity index (χ1v) is 11.5. The number of hydrogen-bond donors (Lipinski definition) is 0. The molecule has 2 aromatic rings. The van der Waals surface area contributed by atoms with Gasteiger partial charge in [-0.25, -0.2) is 9.97 Å². The Labute approximate surface area is 184 Å². The van der Waals surface area contributed by atoms with Gasteiger partial charge in [-0.2, -0.15) is 0 Å². The molecule has 30 heavy (non-hydrogen) atoms. The zero-order chi connectivity index (χ0) is 23.0. The van der Waals surface area contributed by atoms with Crippen LogP contribution in [-0.4, -0.2) is 14.5 Å². The summed E-state index contributed by atoms with van der Waals surface area (Å²) >= 11 is 0. The maximum atomic E-state index is 6.30. The molecule has 0 unspecified atom stereocenters. The molecule has 170 valence electrons. The van der Waals surface area contributed by atoms with Gasteiger partial charge in [0.25, 0.3) is 0 Å². The van der Waals surface area contributed by atoms with Gasteiger partial charge >= 0.3 is 0 Å². The molecule has 4 nitrogen and oxygen atoms in total. The maximum Gasteiger partial charge on any atom is 0.194 e. The van der Waals surface area contributed by atoms with Crippen LogP contribution >= 0.6 is 0 Å². The molecule has 0 aromatic carbocycles. The number of imidazole rings is 1. The highest BCUT2D eigenvalue weighted by molar-refractivity contribution is 5.24. The zero-order valence-electron chi connectivity index (χ0n) is 21.4. The minimum absolute atomic E-state index is 0.0650. The Morgan fingerprint density at radius 3 is 2.00 bits per heavy atom. The standard InChI is InChI=1S/C26H45N3O/c1-23(2,3)13-12-21-28-19(22(30-21)25(7,8)9)16-26(10,11)20-17-29(18-27-20)15-14-24(4,5)6/h17-18H,12-16H2,1-11H3. The molecule has 2 rings (SSSR count). The monoisotopic (exact) mass is 415 g/mol. The predicted molar refractivity (Wildman–Crippen MR) is 126 cm³/mol. The first-order valence-electron chi connectivity index (χ1n) is 11.5. The van der Waals surface area contributed by atoms with Crippen LogP contribution in [0.2, 0.25) is 0 Å². The van der Waals surface area contributed by atoms with Gasteiger partial charge in [0.05, 0.1) is 17.7 Å². The molecule has 0 fully saturated rings. The zero-order valence-corrected chi connectivity index (χ0v) is 21.4. The quantitative estimate of drug-likeness (QED) is 0.484.